The SMILES string of the molecule is CC(C)[C@@H](O)[C@@H](NS(C)(=O)=O)[C@H](Nc1ccccc1)c1ccccc1. The summed E-state index contributed by atoms with van der Waals surface area (Å²) in [6.45, 7) is 3.73. The second-order valence-corrected chi connectivity index (χ2v) is 8.33. The fraction of sp³-hybridized carbons (Fsp3) is 0.368. The molecule has 5 nitrogen and oxygen atoms in total. The van der Waals surface area contributed by atoms with E-state index in [1.54, 1.807) is 0 Å². The predicted molar refractivity (Wildman–Crippen MR) is 102 cm³/mol. The van der Waals surface area contributed by atoms with Crippen molar-refractivity contribution in [2.24, 2.45) is 5.92 Å². The Morgan fingerprint density at radius 2 is 1.44 bits per heavy atom. The third-order valence-electron chi connectivity index (χ3n) is 4.01. The van der Waals surface area contributed by atoms with Gasteiger partial charge in [0, 0.05) is 5.69 Å². The highest BCUT2D eigenvalue weighted by atomic mass is 32.2. The Balaban J connectivity index is 2.45. The first-order chi connectivity index (χ1) is 11.8. The Labute approximate surface area is 150 Å². The molecule has 2 aromatic carbocycles. The molecule has 0 aromatic heterocycles. The number of hydrogen-bond donors (Lipinski definition) is 3. The van der Waals surface area contributed by atoms with Crippen LogP contribution in [0.5, 0.6) is 0 Å². The fourth-order valence-electron chi connectivity index (χ4n) is 2.75. The summed E-state index contributed by atoms with van der Waals surface area (Å²) in [6, 6.07) is 18.0. The minimum absolute atomic E-state index is 0.108. The molecule has 0 spiro atoms. The van der Waals surface area contributed by atoms with E-state index in [1.165, 1.54) is 0 Å². The van der Waals surface area contributed by atoms with Gasteiger partial charge in [0.05, 0.1) is 24.4 Å². The third-order valence-corrected chi connectivity index (χ3v) is 4.72. The van der Waals surface area contributed by atoms with Crippen molar-refractivity contribution in [3.63, 3.8) is 0 Å². The molecule has 0 aliphatic heterocycles. The average molecular weight is 362 g/mol. The lowest BCUT2D eigenvalue weighted by atomic mass is 9.90. The predicted octanol–water partition coefficient (Wildman–Crippen LogP) is 2.77. The minimum Gasteiger partial charge on any atom is -0.391 e. The summed E-state index contributed by atoms with van der Waals surface area (Å²) in [6.07, 6.45) is 0.258. The Hall–Kier alpha value is -1.89. The van der Waals surface area contributed by atoms with Crippen LogP contribution in [0.4, 0.5) is 5.69 Å². The molecule has 0 unspecified atom stereocenters. The molecule has 6 heteroatoms. The maximum absolute atomic E-state index is 11.9. The molecule has 3 atom stereocenters. The molecule has 0 radical (unpaired) electrons. The fourth-order valence-corrected chi connectivity index (χ4v) is 3.52. The molecule has 0 heterocycles. The first kappa shape index (κ1) is 19.4. The largest absolute Gasteiger partial charge is 0.391 e. The number of aliphatic hydroxyl groups excluding tert-OH is 1. The molecule has 0 fully saturated rings. The van der Waals surface area contributed by atoms with E-state index < -0.39 is 28.2 Å². The van der Waals surface area contributed by atoms with Crippen molar-refractivity contribution in [3.05, 3.63) is 66.2 Å². The summed E-state index contributed by atoms with van der Waals surface area (Å²) < 4.78 is 26.4. The maximum atomic E-state index is 11.9. The van der Waals surface area contributed by atoms with Crippen LogP contribution in [0, 0.1) is 5.92 Å². The maximum Gasteiger partial charge on any atom is 0.209 e. The summed E-state index contributed by atoms with van der Waals surface area (Å²) in [5.41, 5.74) is 1.75. The molecule has 0 amide bonds. The van der Waals surface area contributed by atoms with E-state index in [4.69, 9.17) is 0 Å². The van der Waals surface area contributed by atoms with Crippen LogP contribution < -0.4 is 10.0 Å². The van der Waals surface area contributed by atoms with Crippen LogP contribution >= 0.6 is 0 Å². The zero-order valence-electron chi connectivity index (χ0n) is 14.8. The number of rotatable bonds is 8. The van der Waals surface area contributed by atoms with E-state index in [9.17, 15) is 13.5 Å². The van der Waals surface area contributed by atoms with Crippen LogP contribution in [0.1, 0.15) is 25.5 Å². The standard InChI is InChI=1S/C19H26N2O3S/c1-14(2)19(22)18(21-25(3,23)24)17(15-10-6-4-7-11-15)20-16-12-8-5-9-13-16/h4-14,17-22H,1-3H3/t17-,18+,19-/m1/s1. The molecule has 2 aromatic rings. The van der Waals surface area contributed by atoms with E-state index in [2.05, 4.69) is 10.0 Å². The zero-order valence-corrected chi connectivity index (χ0v) is 15.6. The van der Waals surface area contributed by atoms with E-state index >= 15 is 0 Å². The van der Waals surface area contributed by atoms with Crippen LogP contribution in [0.2, 0.25) is 0 Å². The van der Waals surface area contributed by atoms with Crippen LogP contribution in [0.3, 0.4) is 0 Å². The number of anilines is 1. The summed E-state index contributed by atoms with van der Waals surface area (Å²) in [7, 11) is -3.50. The number of sulfonamides is 1. The van der Waals surface area contributed by atoms with Gasteiger partial charge in [0.1, 0.15) is 0 Å². The lowest BCUT2D eigenvalue weighted by Gasteiger charge is -2.34. The molecular formula is C19H26N2O3S. The highest BCUT2D eigenvalue weighted by Gasteiger charge is 2.33. The van der Waals surface area contributed by atoms with Crippen molar-refractivity contribution in [3.8, 4) is 0 Å². The van der Waals surface area contributed by atoms with Gasteiger partial charge in [-0.15, -0.1) is 0 Å². The van der Waals surface area contributed by atoms with Crippen LogP contribution in [0.25, 0.3) is 0 Å². The molecule has 0 bridgehead atoms. The number of para-hydroxylation sites is 1. The molecule has 0 saturated carbocycles. The minimum atomic E-state index is -3.50. The quantitative estimate of drug-likeness (QED) is 0.675. The Bertz CT molecular complexity index is 749. The van der Waals surface area contributed by atoms with Crippen molar-refractivity contribution < 1.29 is 13.5 Å². The van der Waals surface area contributed by atoms with E-state index in [0.717, 1.165) is 17.5 Å². The summed E-state index contributed by atoms with van der Waals surface area (Å²) >= 11 is 0. The number of nitrogens with one attached hydrogen (secondary N) is 2. The number of hydrogen-bond acceptors (Lipinski definition) is 4. The molecule has 136 valence electrons. The summed E-state index contributed by atoms with van der Waals surface area (Å²) in [4.78, 5) is 0. The van der Waals surface area contributed by atoms with Crippen molar-refractivity contribution in [1.29, 1.82) is 0 Å². The smallest absolute Gasteiger partial charge is 0.209 e. The molecule has 2 rings (SSSR count). The lowest BCUT2D eigenvalue weighted by molar-refractivity contribution is 0.0843. The van der Waals surface area contributed by atoms with Gasteiger partial charge >= 0.3 is 0 Å². The van der Waals surface area contributed by atoms with Gasteiger partial charge in [-0.05, 0) is 23.6 Å². The first-order valence-corrected chi connectivity index (χ1v) is 10.2. The Morgan fingerprint density at radius 1 is 0.920 bits per heavy atom. The normalized spacial score (nSPS) is 15.6. The van der Waals surface area contributed by atoms with Crippen molar-refractivity contribution in [2.45, 2.75) is 32.0 Å². The van der Waals surface area contributed by atoms with Crippen molar-refractivity contribution in [2.75, 3.05) is 11.6 Å². The molecule has 0 aliphatic carbocycles. The van der Waals surface area contributed by atoms with E-state index in [-0.39, 0.29) is 5.92 Å². The van der Waals surface area contributed by atoms with Crippen molar-refractivity contribution >= 4 is 15.7 Å². The Kier molecular flexibility index (Phi) is 6.58. The van der Waals surface area contributed by atoms with E-state index in [1.807, 2.05) is 74.5 Å². The monoisotopic (exact) mass is 362 g/mol. The van der Waals surface area contributed by atoms with Crippen molar-refractivity contribution in [1.82, 2.24) is 4.72 Å². The second kappa shape index (κ2) is 8.47. The third kappa shape index (κ3) is 5.85. The van der Waals surface area contributed by atoms with Gasteiger partial charge in [-0.2, -0.15) is 0 Å². The number of benzene rings is 2. The van der Waals surface area contributed by atoms with E-state index in [0.29, 0.717) is 0 Å². The topological polar surface area (TPSA) is 78.4 Å². The van der Waals surface area contributed by atoms with Gasteiger partial charge in [-0.3, -0.25) is 0 Å². The molecular weight excluding hydrogens is 336 g/mol. The van der Waals surface area contributed by atoms with Gasteiger partial charge in [0.15, 0.2) is 0 Å². The lowest BCUT2D eigenvalue weighted by Crippen LogP contribution is -2.50. The van der Waals surface area contributed by atoms with Crippen LogP contribution in [-0.2, 0) is 10.0 Å². The van der Waals surface area contributed by atoms with Crippen LogP contribution in [-0.4, -0.2) is 31.9 Å². The molecule has 3 N–H and O–H groups in total. The van der Waals surface area contributed by atoms with Gasteiger partial charge in [0.25, 0.3) is 0 Å². The molecule has 25 heavy (non-hydrogen) atoms. The van der Waals surface area contributed by atoms with Gasteiger partial charge in [0.2, 0.25) is 10.0 Å². The van der Waals surface area contributed by atoms with Gasteiger partial charge in [-0.25, -0.2) is 13.1 Å². The summed E-state index contributed by atoms with van der Waals surface area (Å²) in [5.74, 6) is -0.108. The second-order valence-electron chi connectivity index (χ2n) is 6.55. The highest BCUT2D eigenvalue weighted by molar-refractivity contribution is 7.88. The average Bonchev–Trinajstić information content (AvgIpc) is 2.58. The van der Waals surface area contributed by atoms with Crippen LogP contribution in [0.15, 0.2) is 60.7 Å². The number of aliphatic hydroxyl groups is 1. The molecule has 0 aliphatic rings. The van der Waals surface area contributed by atoms with Gasteiger partial charge in [-0.1, -0.05) is 62.4 Å². The zero-order chi connectivity index (χ0) is 18.4. The van der Waals surface area contributed by atoms with Gasteiger partial charge < -0.3 is 10.4 Å². The first-order valence-electron chi connectivity index (χ1n) is 8.30. The highest BCUT2D eigenvalue weighted by Crippen LogP contribution is 2.27. The Morgan fingerprint density at radius 3 is 1.92 bits per heavy atom. The summed E-state index contributed by atoms with van der Waals surface area (Å²) in [5, 5.41) is 14.1. The molecule has 0 saturated heterocycles.